The van der Waals surface area contributed by atoms with Crippen LogP contribution in [0.2, 0.25) is 0 Å². The standard InChI is InChI=1S/C20H34N4O/c1-15-13-17(16(2)25-15)14-22-20(21-3)23-18-9-11-24(12-10-18)19-7-5-4-6-8-19/h13,18-19H,4-12,14H2,1-3H3,(H2,21,22,23). The first-order valence-corrected chi connectivity index (χ1v) is 9.93. The summed E-state index contributed by atoms with van der Waals surface area (Å²) in [5, 5.41) is 7.03. The van der Waals surface area contributed by atoms with Crippen LogP contribution in [-0.2, 0) is 6.54 Å². The van der Waals surface area contributed by atoms with Crippen LogP contribution in [-0.4, -0.2) is 43.1 Å². The van der Waals surface area contributed by atoms with Gasteiger partial charge in [-0.3, -0.25) is 4.99 Å². The molecule has 0 radical (unpaired) electrons. The highest BCUT2D eigenvalue weighted by Crippen LogP contribution is 2.25. The average molecular weight is 347 g/mol. The summed E-state index contributed by atoms with van der Waals surface area (Å²) in [5.74, 6) is 2.85. The Labute approximate surface area is 152 Å². The number of hydrogen-bond donors (Lipinski definition) is 2. The van der Waals surface area contributed by atoms with Gasteiger partial charge < -0.3 is 20.0 Å². The van der Waals surface area contributed by atoms with Gasteiger partial charge in [-0.2, -0.15) is 0 Å². The van der Waals surface area contributed by atoms with Gasteiger partial charge in [0.05, 0.1) is 0 Å². The second-order valence-electron chi connectivity index (χ2n) is 7.61. The summed E-state index contributed by atoms with van der Waals surface area (Å²) in [6.45, 7) is 7.20. The van der Waals surface area contributed by atoms with E-state index < -0.39 is 0 Å². The van der Waals surface area contributed by atoms with Gasteiger partial charge in [0, 0.05) is 44.3 Å². The molecule has 0 spiro atoms. The lowest BCUT2D eigenvalue weighted by atomic mass is 9.92. The van der Waals surface area contributed by atoms with Crippen LogP contribution in [0.1, 0.15) is 62.0 Å². The molecule has 2 fully saturated rings. The summed E-state index contributed by atoms with van der Waals surface area (Å²) in [7, 11) is 1.85. The average Bonchev–Trinajstić information content (AvgIpc) is 2.97. The molecule has 1 aromatic rings. The van der Waals surface area contributed by atoms with Crippen LogP contribution in [0.4, 0.5) is 0 Å². The molecule has 1 saturated heterocycles. The van der Waals surface area contributed by atoms with Crippen LogP contribution in [0.5, 0.6) is 0 Å². The summed E-state index contributed by atoms with van der Waals surface area (Å²) >= 11 is 0. The first-order chi connectivity index (χ1) is 12.2. The molecule has 1 aliphatic heterocycles. The van der Waals surface area contributed by atoms with Crippen molar-refractivity contribution in [1.82, 2.24) is 15.5 Å². The van der Waals surface area contributed by atoms with Gasteiger partial charge in [-0.15, -0.1) is 0 Å². The third kappa shape index (κ3) is 5.00. The van der Waals surface area contributed by atoms with Crippen molar-refractivity contribution in [3.8, 4) is 0 Å². The van der Waals surface area contributed by atoms with Crippen molar-refractivity contribution in [2.75, 3.05) is 20.1 Å². The van der Waals surface area contributed by atoms with Crippen molar-refractivity contribution in [3.05, 3.63) is 23.2 Å². The number of aliphatic imine (C=N–C) groups is 1. The second-order valence-corrected chi connectivity index (χ2v) is 7.61. The maximum absolute atomic E-state index is 5.59. The van der Waals surface area contributed by atoms with Crippen LogP contribution in [0.25, 0.3) is 0 Å². The predicted molar refractivity (Wildman–Crippen MR) is 103 cm³/mol. The van der Waals surface area contributed by atoms with Gasteiger partial charge >= 0.3 is 0 Å². The molecule has 5 nitrogen and oxygen atoms in total. The van der Waals surface area contributed by atoms with E-state index in [1.165, 1.54) is 63.6 Å². The highest BCUT2D eigenvalue weighted by molar-refractivity contribution is 5.80. The molecule has 1 aliphatic carbocycles. The predicted octanol–water partition coefficient (Wildman–Crippen LogP) is 3.36. The second kappa shape index (κ2) is 8.75. The van der Waals surface area contributed by atoms with Crippen molar-refractivity contribution in [2.45, 2.75) is 77.4 Å². The van der Waals surface area contributed by atoms with Crippen molar-refractivity contribution in [3.63, 3.8) is 0 Å². The molecular formula is C20H34N4O. The molecule has 0 aromatic carbocycles. The van der Waals surface area contributed by atoms with Crippen LogP contribution in [0.15, 0.2) is 15.5 Å². The number of hydrogen-bond acceptors (Lipinski definition) is 3. The van der Waals surface area contributed by atoms with Gasteiger partial charge in [0.25, 0.3) is 0 Å². The van der Waals surface area contributed by atoms with Crippen LogP contribution in [0.3, 0.4) is 0 Å². The van der Waals surface area contributed by atoms with Crippen molar-refractivity contribution >= 4 is 5.96 Å². The number of nitrogens with one attached hydrogen (secondary N) is 2. The summed E-state index contributed by atoms with van der Waals surface area (Å²) < 4.78 is 5.59. The first-order valence-electron chi connectivity index (χ1n) is 9.93. The fourth-order valence-electron chi connectivity index (χ4n) is 4.28. The zero-order chi connectivity index (χ0) is 17.6. The minimum Gasteiger partial charge on any atom is -0.466 e. The quantitative estimate of drug-likeness (QED) is 0.648. The van der Waals surface area contributed by atoms with Gasteiger partial charge in [0.15, 0.2) is 5.96 Å². The molecule has 5 heteroatoms. The number of aryl methyl sites for hydroxylation is 2. The van der Waals surface area contributed by atoms with E-state index >= 15 is 0 Å². The summed E-state index contributed by atoms with van der Waals surface area (Å²) in [4.78, 5) is 7.12. The largest absolute Gasteiger partial charge is 0.466 e. The Morgan fingerprint density at radius 2 is 1.88 bits per heavy atom. The molecule has 3 rings (SSSR count). The summed E-state index contributed by atoms with van der Waals surface area (Å²) in [6, 6.07) is 3.47. The number of guanidine groups is 1. The van der Waals surface area contributed by atoms with Crippen molar-refractivity contribution in [1.29, 1.82) is 0 Å². The van der Waals surface area contributed by atoms with Gasteiger partial charge in [-0.05, 0) is 45.6 Å². The molecule has 1 aromatic heterocycles. The van der Waals surface area contributed by atoms with E-state index in [4.69, 9.17) is 4.42 Å². The molecule has 25 heavy (non-hydrogen) atoms. The maximum Gasteiger partial charge on any atom is 0.191 e. The summed E-state index contributed by atoms with van der Waals surface area (Å²) in [5.41, 5.74) is 1.20. The molecule has 0 unspecified atom stereocenters. The number of nitrogens with zero attached hydrogens (tertiary/aromatic N) is 2. The Balaban J connectivity index is 1.43. The van der Waals surface area contributed by atoms with E-state index in [9.17, 15) is 0 Å². The topological polar surface area (TPSA) is 52.8 Å². The Kier molecular flexibility index (Phi) is 6.40. The molecule has 140 valence electrons. The minimum absolute atomic E-state index is 0.526. The lowest BCUT2D eigenvalue weighted by Crippen LogP contribution is -2.50. The Morgan fingerprint density at radius 3 is 2.48 bits per heavy atom. The SMILES string of the molecule is CN=C(NCc1cc(C)oc1C)NC1CCN(C2CCCCC2)CC1. The lowest BCUT2D eigenvalue weighted by Gasteiger charge is -2.39. The zero-order valence-electron chi connectivity index (χ0n) is 16.1. The molecule has 0 bridgehead atoms. The number of furan rings is 1. The van der Waals surface area contributed by atoms with Crippen molar-refractivity contribution in [2.24, 2.45) is 4.99 Å². The summed E-state index contributed by atoms with van der Waals surface area (Å²) in [6.07, 6.45) is 9.52. The molecule has 0 atom stereocenters. The highest BCUT2D eigenvalue weighted by atomic mass is 16.3. The lowest BCUT2D eigenvalue weighted by molar-refractivity contribution is 0.119. The highest BCUT2D eigenvalue weighted by Gasteiger charge is 2.26. The Morgan fingerprint density at radius 1 is 1.16 bits per heavy atom. The maximum atomic E-state index is 5.59. The Hall–Kier alpha value is -1.49. The van der Waals surface area contributed by atoms with Crippen LogP contribution in [0, 0.1) is 13.8 Å². The third-order valence-corrected chi connectivity index (χ3v) is 5.78. The van der Waals surface area contributed by atoms with Gasteiger partial charge in [0.2, 0.25) is 0 Å². The number of rotatable bonds is 4. The normalized spacial score (nSPS) is 21.5. The number of likely N-dealkylation sites (tertiary alicyclic amines) is 1. The fraction of sp³-hybridized carbons (Fsp3) is 0.750. The van der Waals surface area contributed by atoms with E-state index in [0.717, 1.165) is 30.1 Å². The van der Waals surface area contributed by atoms with Gasteiger partial charge in [-0.1, -0.05) is 19.3 Å². The van der Waals surface area contributed by atoms with E-state index in [2.05, 4.69) is 26.6 Å². The smallest absolute Gasteiger partial charge is 0.191 e. The third-order valence-electron chi connectivity index (χ3n) is 5.78. The van der Waals surface area contributed by atoms with E-state index in [0.29, 0.717) is 6.04 Å². The fourth-order valence-corrected chi connectivity index (χ4v) is 4.28. The molecule has 0 amide bonds. The molecule has 1 saturated carbocycles. The molecule has 2 aliphatic rings. The van der Waals surface area contributed by atoms with Gasteiger partial charge in [0.1, 0.15) is 11.5 Å². The van der Waals surface area contributed by atoms with Crippen molar-refractivity contribution < 1.29 is 4.42 Å². The van der Waals surface area contributed by atoms with Crippen LogP contribution >= 0.6 is 0 Å². The molecular weight excluding hydrogens is 312 g/mol. The number of piperidine rings is 1. The van der Waals surface area contributed by atoms with E-state index in [-0.39, 0.29) is 0 Å². The van der Waals surface area contributed by atoms with E-state index in [1.807, 2.05) is 20.9 Å². The molecule has 2 heterocycles. The minimum atomic E-state index is 0.526. The van der Waals surface area contributed by atoms with E-state index in [1.54, 1.807) is 0 Å². The van der Waals surface area contributed by atoms with Gasteiger partial charge in [-0.25, -0.2) is 0 Å². The monoisotopic (exact) mass is 346 g/mol. The first kappa shape index (κ1) is 18.3. The Bertz CT molecular complexity index is 566. The molecule has 2 N–H and O–H groups in total. The zero-order valence-corrected chi connectivity index (χ0v) is 16.1. The van der Waals surface area contributed by atoms with Crippen LogP contribution < -0.4 is 10.6 Å².